The van der Waals surface area contributed by atoms with E-state index in [1.807, 2.05) is 31.2 Å². The second kappa shape index (κ2) is 8.02. The number of amides is 1. The molecule has 1 N–H and O–H groups in total. The highest BCUT2D eigenvalue weighted by atomic mass is 32.2. The van der Waals surface area contributed by atoms with Gasteiger partial charge in [-0.05, 0) is 42.7 Å². The van der Waals surface area contributed by atoms with Crippen LogP contribution < -0.4 is 5.32 Å². The summed E-state index contributed by atoms with van der Waals surface area (Å²) in [5.41, 5.74) is 3.67. The maximum Gasteiger partial charge on any atom is 0.272 e. The van der Waals surface area contributed by atoms with Crippen molar-refractivity contribution in [3.05, 3.63) is 77.2 Å². The molecule has 1 amide bonds. The Hall–Kier alpha value is -3.00. The number of carbonyl (C=O) groups excluding carboxylic acids is 1. The van der Waals surface area contributed by atoms with Crippen molar-refractivity contribution in [3.63, 3.8) is 0 Å². The van der Waals surface area contributed by atoms with Crippen LogP contribution in [-0.2, 0) is 16.4 Å². The highest BCUT2D eigenvalue weighted by molar-refractivity contribution is 7.91. The molecule has 2 heterocycles. The Morgan fingerprint density at radius 3 is 2.50 bits per heavy atom. The number of aromatic nitrogens is 2. The summed E-state index contributed by atoms with van der Waals surface area (Å²) in [5, 5.41) is 7.25. The van der Waals surface area contributed by atoms with E-state index in [0.717, 1.165) is 16.7 Å². The Labute approximate surface area is 174 Å². The van der Waals surface area contributed by atoms with E-state index < -0.39 is 9.84 Å². The molecule has 1 aliphatic heterocycles. The topological polar surface area (TPSA) is 81.1 Å². The Kier molecular flexibility index (Phi) is 5.42. The molecule has 8 heteroatoms. The number of rotatable bonds is 5. The molecule has 4 rings (SSSR count). The molecule has 6 nitrogen and oxygen atoms in total. The first kappa shape index (κ1) is 20.3. The van der Waals surface area contributed by atoms with Crippen LogP contribution in [0.25, 0.3) is 11.3 Å². The molecule has 0 radical (unpaired) electrons. The third kappa shape index (κ3) is 4.43. The van der Waals surface area contributed by atoms with Crippen LogP contribution in [0.5, 0.6) is 0 Å². The Morgan fingerprint density at radius 1 is 1.17 bits per heavy atom. The van der Waals surface area contributed by atoms with E-state index in [4.69, 9.17) is 0 Å². The van der Waals surface area contributed by atoms with Crippen LogP contribution in [-0.4, -0.2) is 35.6 Å². The van der Waals surface area contributed by atoms with Crippen molar-refractivity contribution in [2.24, 2.45) is 0 Å². The first-order valence-corrected chi connectivity index (χ1v) is 11.5. The standard InChI is InChI=1S/C22H22FN3O3S/c1-15-2-6-17(7-3-15)21-12-20(25-26(21)19-10-11-30(28,29)14-19)22(27)24-13-16-4-8-18(23)9-5-16/h2-9,12,19H,10-11,13-14H2,1H3,(H,24,27)/t19-/m0/s1. The minimum absolute atomic E-state index is 0.0180. The van der Waals surface area contributed by atoms with Crippen LogP contribution in [0.4, 0.5) is 4.39 Å². The normalized spacial score (nSPS) is 17.7. The van der Waals surface area contributed by atoms with Crippen molar-refractivity contribution in [1.82, 2.24) is 15.1 Å². The lowest BCUT2D eigenvalue weighted by atomic mass is 10.1. The van der Waals surface area contributed by atoms with Gasteiger partial charge in [0.15, 0.2) is 15.5 Å². The predicted octanol–water partition coefficient (Wildman–Crippen LogP) is 3.29. The van der Waals surface area contributed by atoms with E-state index in [9.17, 15) is 17.6 Å². The zero-order valence-electron chi connectivity index (χ0n) is 16.5. The van der Waals surface area contributed by atoms with E-state index in [1.165, 1.54) is 12.1 Å². The maximum atomic E-state index is 13.0. The number of carbonyl (C=O) groups is 1. The van der Waals surface area contributed by atoms with Gasteiger partial charge in [0.1, 0.15) is 5.82 Å². The molecule has 3 aromatic rings. The van der Waals surface area contributed by atoms with Gasteiger partial charge in [-0.2, -0.15) is 5.10 Å². The van der Waals surface area contributed by atoms with E-state index in [2.05, 4.69) is 10.4 Å². The molecule has 156 valence electrons. The molecule has 1 saturated heterocycles. The first-order valence-electron chi connectivity index (χ1n) is 9.70. The fourth-order valence-electron chi connectivity index (χ4n) is 3.57. The van der Waals surface area contributed by atoms with Crippen molar-refractivity contribution in [3.8, 4) is 11.3 Å². The largest absolute Gasteiger partial charge is 0.347 e. The molecule has 1 aromatic heterocycles. The van der Waals surface area contributed by atoms with Crippen LogP contribution in [0.1, 0.15) is 34.1 Å². The number of aryl methyl sites for hydroxylation is 1. The summed E-state index contributed by atoms with van der Waals surface area (Å²) in [6.45, 7) is 2.22. The Balaban J connectivity index is 1.61. The van der Waals surface area contributed by atoms with Crippen molar-refractivity contribution in [2.75, 3.05) is 11.5 Å². The second-order valence-electron chi connectivity index (χ2n) is 7.59. The third-order valence-corrected chi connectivity index (χ3v) is 6.99. The number of nitrogens with zero attached hydrogens (tertiary/aromatic N) is 2. The van der Waals surface area contributed by atoms with Gasteiger partial charge in [-0.15, -0.1) is 0 Å². The zero-order chi connectivity index (χ0) is 21.3. The van der Waals surface area contributed by atoms with Gasteiger partial charge in [0.2, 0.25) is 0 Å². The van der Waals surface area contributed by atoms with Gasteiger partial charge in [-0.3, -0.25) is 9.48 Å². The van der Waals surface area contributed by atoms with Crippen LogP contribution >= 0.6 is 0 Å². The fraction of sp³-hybridized carbons (Fsp3) is 0.273. The Morgan fingerprint density at radius 2 is 1.87 bits per heavy atom. The summed E-state index contributed by atoms with van der Waals surface area (Å²) in [4.78, 5) is 12.7. The molecular formula is C22H22FN3O3S. The molecule has 0 bridgehead atoms. The van der Waals surface area contributed by atoms with Gasteiger partial charge in [-0.1, -0.05) is 42.0 Å². The summed E-state index contributed by atoms with van der Waals surface area (Å²) >= 11 is 0. The van der Waals surface area contributed by atoms with E-state index in [1.54, 1.807) is 22.9 Å². The summed E-state index contributed by atoms with van der Waals surface area (Å²) in [6.07, 6.45) is 0.472. The average molecular weight is 428 g/mol. The molecule has 0 saturated carbocycles. The summed E-state index contributed by atoms with van der Waals surface area (Å²) in [7, 11) is -3.10. The van der Waals surface area contributed by atoms with E-state index in [0.29, 0.717) is 12.1 Å². The lowest BCUT2D eigenvalue weighted by Gasteiger charge is -2.13. The van der Waals surface area contributed by atoms with Gasteiger partial charge in [0, 0.05) is 6.54 Å². The molecule has 30 heavy (non-hydrogen) atoms. The predicted molar refractivity (Wildman–Crippen MR) is 112 cm³/mol. The van der Waals surface area contributed by atoms with Crippen LogP contribution in [0.15, 0.2) is 54.6 Å². The van der Waals surface area contributed by atoms with Crippen molar-refractivity contribution >= 4 is 15.7 Å². The van der Waals surface area contributed by atoms with E-state index >= 15 is 0 Å². The van der Waals surface area contributed by atoms with Crippen molar-refractivity contribution in [2.45, 2.75) is 25.9 Å². The summed E-state index contributed by atoms with van der Waals surface area (Å²) in [5.74, 6) is -0.563. The van der Waals surface area contributed by atoms with E-state index in [-0.39, 0.29) is 41.5 Å². The number of halogens is 1. The molecule has 1 fully saturated rings. The molecule has 0 aliphatic carbocycles. The summed E-state index contributed by atoms with van der Waals surface area (Å²) in [6, 6.07) is 15.1. The SMILES string of the molecule is Cc1ccc(-c2cc(C(=O)NCc3ccc(F)cc3)nn2[C@H]2CCS(=O)(=O)C2)cc1. The van der Waals surface area contributed by atoms with Gasteiger partial charge < -0.3 is 5.32 Å². The summed E-state index contributed by atoms with van der Waals surface area (Å²) < 4.78 is 38.7. The quantitative estimate of drug-likeness (QED) is 0.678. The number of benzene rings is 2. The van der Waals surface area contributed by atoms with Crippen LogP contribution in [0.2, 0.25) is 0 Å². The molecule has 1 aliphatic rings. The maximum absolute atomic E-state index is 13.0. The van der Waals surface area contributed by atoms with Crippen LogP contribution in [0.3, 0.4) is 0 Å². The minimum atomic E-state index is -3.10. The van der Waals surface area contributed by atoms with Gasteiger partial charge >= 0.3 is 0 Å². The van der Waals surface area contributed by atoms with Crippen LogP contribution in [0, 0.1) is 12.7 Å². The molecule has 0 unspecified atom stereocenters. The smallest absolute Gasteiger partial charge is 0.272 e. The first-order chi connectivity index (χ1) is 14.3. The highest BCUT2D eigenvalue weighted by Crippen LogP contribution is 2.30. The highest BCUT2D eigenvalue weighted by Gasteiger charge is 2.32. The number of nitrogens with one attached hydrogen (secondary N) is 1. The molecular weight excluding hydrogens is 405 g/mol. The van der Waals surface area contributed by atoms with Crippen molar-refractivity contribution in [1.29, 1.82) is 0 Å². The fourth-order valence-corrected chi connectivity index (χ4v) is 5.26. The average Bonchev–Trinajstić information content (AvgIpc) is 3.31. The molecule has 1 atom stereocenters. The van der Waals surface area contributed by atoms with Gasteiger partial charge in [0.25, 0.3) is 5.91 Å². The zero-order valence-corrected chi connectivity index (χ0v) is 17.3. The lowest BCUT2D eigenvalue weighted by Crippen LogP contribution is -2.24. The van der Waals surface area contributed by atoms with Crippen molar-refractivity contribution < 1.29 is 17.6 Å². The number of hydrogen-bond acceptors (Lipinski definition) is 4. The minimum Gasteiger partial charge on any atom is -0.347 e. The lowest BCUT2D eigenvalue weighted by molar-refractivity contribution is 0.0945. The third-order valence-electron chi connectivity index (χ3n) is 5.24. The molecule has 2 aromatic carbocycles. The number of hydrogen-bond donors (Lipinski definition) is 1. The second-order valence-corrected chi connectivity index (χ2v) is 9.82. The Bertz CT molecular complexity index is 1170. The van der Waals surface area contributed by atoms with Gasteiger partial charge in [-0.25, -0.2) is 12.8 Å². The van der Waals surface area contributed by atoms with Gasteiger partial charge in [0.05, 0.1) is 23.2 Å². The monoisotopic (exact) mass is 427 g/mol. The number of sulfone groups is 1. The molecule has 0 spiro atoms.